The van der Waals surface area contributed by atoms with Gasteiger partial charge in [0.05, 0.1) is 12.8 Å². The minimum Gasteiger partial charge on any atom is -0.495 e. The summed E-state index contributed by atoms with van der Waals surface area (Å²) >= 11 is 0. The third-order valence-electron chi connectivity index (χ3n) is 4.80. The van der Waals surface area contributed by atoms with Crippen molar-refractivity contribution >= 4 is 23.3 Å². The summed E-state index contributed by atoms with van der Waals surface area (Å²) < 4.78 is 5.43. The Balaban J connectivity index is 1.53. The molecule has 0 unspecified atom stereocenters. The molecule has 2 aromatic rings. The number of amides is 3. The normalized spacial score (nSPS) is 13.6. The molecule has 7 heteroatoms. The number of benzene rings is 2. The van der Waals surface area contributed by atoms with E-state index < -0.39 is 0 Å². The first kappa shape index (κ1) is 20.3. The van der Waals surface area contributed by atoms with E-state index in [1.165, 1.54) is 0 Å². The minimum absolute atomic E-state index is 0.145. The summed E-state index contributed by atoms with van der Waals surface area (Å²) in [6, 6.07) is 14.6. The maximum atomic E-state index is 12.6. The van der Waals surface area contributed by atoms with Gasteiger partial charge in [-0.2, -0.15) is 0 Å². The standard InChI is InChI=1S/C22H26N4O3/c1-3-12-23-21(27)17-8-10-18(11-9-17)24-22(28)26-15-13-25(14-16-26)19-6-4-5-7-20(19)29-2/h3-11H,1,12-16H2,2H3,(H,23,27)(H,24,28). The molecule has 3 amide bonds. The predicted octanol–water partition coefficient (Wildman–Crippen LogP) is 2.97. The summed E-state index contributed by atoms with van der Waals surface area (Å²) in [5.41, 5.74) is 2.23. The van der Waals surface area contributed by atoms with E-state index in [9.17, 15) is 9.59 Å². The molecule has 0 aromatic heterocycles. The molecule has 0 bridgehead atoms. The van der Waals surface area contributed by atoms with Crippen LogP contribution in [-0.2, 0) is 0 Å². The second-order valence-corrected chi connectivity index (χ2v) is 6.65. The first-order chi connectivity index (χ1) is 14.1. The van der Waals surface area contributed by atoms with E-state index in [-0.39, 0.29) is 11.9 Å². The maximum Gasteiger partial charge on any atom is 0.321 e. The summed E-state index contributed by atoms with van der Waals surface area (Å²) in [6.07, 6.45) is 1.63. The first-order valence-electron chi connectivity index (χ1n) is 9.55. The Morgan fingerprint density at radius 3 is 2.41 bits per heavy atom. The third kappa shape index (κ3) is 5.07. The van der Waals surface area contributed by atoms with E-state index in [1.807, 2.05) is 24.3 Å². The molecule has 1 heterocycles. The Hall–Kier alpha value is -3.48. The molecule has 1 aliphatic rings. The van der Waals surface area contributed by atoms with Crippen LogP contribution in [0.25, 0.3) is 0 Å². The average Bonchev–Trinajstić information content (AvgIpc) is 2.78. The largest absolute Gasteiger partial charge is 0.495 e. The van der Waals surface area contributed by atoms with Crippen LogP contribution in [0.2, 0.25) is 0 Å². The Bertz CT molecular complexity index is 859. The number of para-hydroxylation sites is 2. The Morgan fingerprint density at radius 1 is 1.07 bits per heavy atom. The van der Waals surface area contributed by atoms with E-state index in [1.54, 1.807) is 42.4 Å². The number of hydrogen-bond acceptors (Lipinski definition) is 4. The number of rotatable bonds is 6. The lowest BCUT2D eigenvalue weighted by molar-refractivity contribution is 0.0958. The molecule has 0 atom stereocenters. The highest BCUT2D eigenvalue weighted by atomic mass is 16.5. The maximum absolute atomic E-state index is 12.6. The fraction of sp³-hybridized carbons (Fsp3) is 0.273. The van der Waals surface area contributed by atoms with Crippen molar-refractivity contribution in [2.75, 3.05) is 50.1 Å². The van der Waals surface area contributed by atoms with Crippen molar-refractivity contribution in [2.45, 2.75) is 0 Å². The van der Waals surface area contributed by atoms with E-state index in [0.29, 0.717) is 30.9 Å². The van der Waals surface area contributed by atoms with E-state index in [4.69, 9.17) is 4.74 Å². The van der Waals surface area contributed by atoms with Gasteiger partial charge >= 0.3 is 6.03 Å². The summed E-state index contributed by atoms with van der Waals surface area (Å²) in [5.74, 6) is 0.665. The molecule has 7 nitrogen and oxygen atoms in total. The number of ether oxygens (including phenoxy) is 1. The molecule has 0 spiro atoms. The average molecular weight is 394 g/mol. The monoisotopic (exact) mass is 394 g/mol. The highest BCUT2D eigenvalue weighted by Crippen LogP contribution is 2.28. The summed E-state index contributed by atoms with van der Waals surface area (Å²) in [4.78, 5) is 28.5. The summed E-state index contributed by atoms with van der Waals surface area (Å²) in [7, 11) is 1.66. The fourth-order valence-electron chi connectivity index (χ4n) is 3.22. The molecular weight excluding hydrogens is 368 g/mol. The van der Waals surface area contributed by atoms with Gasteiger partial charge in [-0.15, -0.1) is 6.58 Å². The lowest BCUT2D eigenvalue weighted by Crippen LogP contribution is -2.50. The van der Waals surface area contributed by atoms with Crippen LogP contribution in [0.4, 0.5) is 16.2 Å². The van der Waals surface area contributed by atoms with Crippen LogP contribution >= 0.6 is 0 Å². The zero-order valence-corrected chi connectivity index (χ0v) is 16.6. The number of carbonyl (C=O) groups is 2. The topological polar surface area (TPSA) is 73.9 Å². The van der Waals surface area contributed by atoms with Gasteiger partial charge in [0.25, 0.3) is 5.91 Å². The number of anilines is 2. The van der Waals surface area contributed by atoms with Crippen molar-refractivity contribution in [1.82, 2.24) is 10.2 Å². The quantitative estimate of drug-likeness (QED) is 0.739. The molecule has 152 valence electrons. The number of nitrogens with zero attached hydrogens (tertiary/aromatic N) is 2. The summed E-state index contributed by atoms with van der Waals surface area (Å²) in [6.45, 7) is 6.69. The minimum atomic E-state index is -0.171. The second-order valence-electron chi connectivity index (χ2n) is 6.65. The van der Waals surface area contributed by atoms with Crippen molar-refractivity contribution in [3.05, 3.63) is 66.7 Å². The van der Waals surface area contributed by atoms with Crippen LogP contribution in [0, 0.1) is 0 Å². The number of hydrogen-bond donors (Lipinski definition) is 2. The molecule has 3 rings (SSSR count). The van der Waals surface area contributed by atoms with Crippen LogP contribution in [-0.4, -0.2) is 56.7 Å². The van der Waals surface area contributed by atoms with Gasteiger partial charge in [0, 0.05) is 44.0 Å². The van der Waals surface area contributed by atoms with Crippen LogP contribution in [0.1, 0.15) is 10.4 Å². The molecule has 1 saturated heterocycles. The van der Waals surface area contributed by atoms with Gasteiger partial charge in [-0.05, 0) is 36.4 Å². The van der Waals surface area contributed by atoms with Crippen LogP contribution in [0.15, 0.2) is 61.2 Å². The Labute approximate surface area is 170 Å². The zero-order chi connectivity index (χ0) is 20.6. The molecule has 0 radical (unpaired) electrons. The van der Waals surface area contributed by atoms with Gasteiger partial charge in [-0.3, -0.25) is 4.79 Å². The highest BCUT2D eigenvalue weighted by molar-refractivity contribution is 5.95. The highest BCUT2D eigenvalue weighted by Gasteiger charge is 2.23. The molecule has 2 N–H and O–H groups in total. The van der Waals surface area contributed by atoms with E-state index in [2.05, 4.69) is 22.1 Å². The lowest BCUT2D eigenvalue weighted by Gasteiger charge is -2.36. The second kappa shape index (κ2) is 9.64. The van der Waals surface area contributed by atoms with Gasteiger partial charge < -0.3 is 25.2 Å². The predicted molar refractivity (Wildman–Crippen MR) is 115 cm³/mol. The summed E-state index contributed by atoms with van der Waals surface area (Å²) in [5, 5.41) is 5.61. The van der Waals surface area contributed by atoms with Gasteiger partial charge in [0.15, 0.2) is 0 Å². The smallest absolute Gasteiger partial charge is 0.321 e. The SMILES string of the molecule is C=CCNC(=O)c1ccc(NC(=O)N2CCN(c3ccccc3OC)CC2)cc1. The van der Waals surface area contributed by atoms with E-state index in [0.717, 1.165) is 24.5 Å². The van der Waals surface area contributed by atoms with Gasteiger partial charge in [-0.25, -0.2) is 4.79 Å². The lowest BCUT2D eigenvalue weighted by atomic mass is 10.2. The van der Waals surface area contributed by atoms with Crippen molar-refractivity contribution < 1.29 is 14.3 Å². The molecule has 0 aliphatic carbocycles. The van der Waals surface area contributed by atoms with Crippen molar-refractivity contribution in [1.29, 1.82) is 0 Å². The molecule has 29 heavy (non-hydrogen) atoms. The molecule has 2 aromatic carbocycles. The number of carbonyl (C=O) groups excluding carboxylic acids is 2. The van der Waals surface area contributed by atoms with Crippen LogP contribution in [0.3, 0.4) is 0 Å². The molecule has 1 fully saturated rings. The van der Waals surface area contributed by atoms with Crippen LogP contribution < -0.4 is 20.3 Å². The number of nitrogens with one attached hydrogen (secondary N) is 2. The van der Waals surface area contributed by atoms with Crippen molar-refractivity contribution in [3.63, 3.8) is 0 Å². The van der Waals surface area contributed by atoms with Gasteiger partial charge in [0.1, 0.15) is 5.75 Å². The Kier molecular flexibility index (Phi) is 6.73. The fourth-order valence-corrected chi connectivity index (χ4v) is 3.22. The first-order valence-corrected chi connectivity index (χ1v) is 9.55. The van der Waals surface area contributed by atoms with Crippen LogP contribution in [0.5, 0.6) is 5.75 Å². The van der Waals surface area contributed by atoms with Gasteiger partial charge in [0.2, 0.25) is 0 Å². The van der Waals surface area contributed by atoms with Crippen molar-refractivity contribution in [2.24, 2.45) is 0 Å². The molecular formula is C22H26N4O3. The number of methoxy groups -OCH3 is 1. The van der Waals surface area contributed by atoms with Gasteiger partial charge in [-0.1, -0.05) is 18.2 Å². The third-order valence-corrected chi connectivity index (χ3v) is 4.80. The number of piperazine rings is 1. The zero-order valence-electron chi connectivity index (χ0n) is 16.6. The number of urea groups is 1. The Morgan fingerprint density at radius 2 is 1.76 bits per heavy atom. The molecule has 0 saturated carbocycles. The van der Waals surface area contributed by atoms with Crippen molar-refractivity contribution in [3.8, 4) is 5.75 Å². The van der Waals surface area contributed by atoms with E-state index >= 15 is 0 Å². The molecule has 1 aliphatic heterocycles.